The lowest BCUT2D eigenvalue weighted by atomic mass is 9.84. The molecule has 1 heterocycles. The van der Waals surface area contributed by atoms with Crippen LogP contribution in [-0.2, 0) is 10.2 Å². The SMILES string of the molecule is CN=C(NCC1(CCO)CCOC1)NCC(C)(C)c1c(Cl)cccc1Cl. The number of rotatable bonds is 7. The number of halogens is 2. The van der Waals surface area contributed by atoms with Crippen LogP contribution in [0, 0.1) is 5.41 Å². The first kappa shape index (κ1) is 21.3. The minimum absolute atomic E-state index is 0.0338. The second-order valence-corrected chi connectivity index (χ2v) is 8.35. The number of nitrogens with zero attached hydrogens (tertiary/aromatic N) is 1. The fourth-order valence-electron chi connectivity index (χ4n) is 3.34. The summed E-state index contributed by atoms with van der Waals surface area (Å²) in [6, 6.07) is 5.56. The van der Waals surface area contributed by atoms with Crippen LogP contribution < -0.4 is 10.6 Å². The number of nitrogens with one attached hydrogen (secondary N) is 2. The number of benzene rings is 1. The second kappa shape index (κ2) is 9.27. The molecule has 1 aromatic carbocycles. The number of ether oxygens (including phenoxy) is 1. The van der Waals surface area contributed by atoms with Gasteiger partial charge in [-0.3, -0.25) is 4.99 Å². The fraction of sp³-hybridized carbons (Fsp3) is 0.632. The van der Waals surface area contributed by atoms with E-state index in [9.17, 15) is 5.11 Å². The first-order valence-corrected chi connectivity index (χ1v) is 9.67. The molecule has 0 aromatic heterocycles. The van der Waals surface area contributed by atoms with Gasteiger partial charge in [-0.05, 0) is 30.5 Å². The molecule has 0 saturated carbocycles. The van der Waals surface area contributed by atoms with Crippen LogP contribution in [0.4, 0.5) is 0 Å². The summed E-state index contributed by atoms with van der Waals surface area (Å²) in [7, 11) is 1.74. The summed E-state index contributed by atoms with van der Waals surface area (Å²) in [5.41, 5.74) is 0.618. The van der Waals surface area contributed by atoms with Gasteiger partial charge < -0.3 is 20.5 Å². The topological polar surface area (TPSA) is 65.9 Å². The Balaban J connectivity index is 1.98. The summed E-state index contributed by atoms with van der Waals surface area (Å²) in [6.45, 7) is 7.09. The third-order valence-electron chi connectivity index (χ3n) is 5.02. The zero-order chi connectivity index (χ0) is 19.2. The predicted molar refractivity (Wildman–Crippen MR) is 108 cm³/mol. The van der Waals surface area contributed by atoms with Crippen LogP contribution >= 0.6 is 23.2 Å². The third-order valence-corrected chi connectivity index (χ3v) is 5.65. The van der Waals surface area contributed by atoms with Crippen molar-refractivity contribution in [3.63, 3.8) is 0 Å². The Kier molecular flexibility index (Phi) is 7.59. The minimum atomic E-state index is -0.272. The van der Waals surface area contributed by atoms with Gasteiger partial charge in [-0.25, -0.2) is 0 Å². The largest absolute Gasteiger partial charge is 0.396 e. The molecule has 3 N–H and O–H groups in total. The maximum Gasteiger partial charge on any atom is 0.191 e. The Morgan fingerprint density at radius 1 is 1.31 bits per heavy atom. The quantitative estimate of drug-likeness (QED) is 0.484. The number of aliphatic imine (C=N–C) groups is 1. The Morgan fingerprint density at radius 2 is 2.00 bits per heavy atom. The minimum Gasteiger partial charge on any atom is -0.396 e. The van der Waals surface area contributed by atoms with E-state index < -0.39 is 0 Å². The van der Waals surface area contributed by atoms with Crippen LogP contribution in [0.5, 0.6) is 0 Å². The number of hydrogen-bond donors (Lipinski definition) is 3. The van der Waals surface area contributed by atoms with E-state index in [1.807, 2.05) is 18.2 Å². The van der Waals surface area contributed by atoms with Crippen molar-refractivity contribution in [2.75, 3.05) is 40.0 Å². The molecule has 0 amide bonds. The van der Waals surface area contributed by atoms with Crippen molar-refractivity contribution in [2.24, 2.45) is 10.4 Å². The van der Waals surface area contributed by atoms with Crippen LogP contribution in [-0.4, -0.2) is 51.0 Å². The maximum atomic E-state index is 9.35. The number of hydrogen-bond acceptors (Lipinski definition) is 3. The maximum absolute atomic E-state index is 9.35. The molecule has 146 valence electrons. The second-order valence-electron chi connectivity index (χ2n) is 7.54. The van der Waals surface area contributed by atoms with Gasteiger partial charge in [0.1, 0.15) is 0 Å². The molecule has 0 bridgehead atoms. The summed E-state index contributed by atoms with van der Waals surface area (Å²) in [5.74, 6) is 0.713. The standard InChI is InChI=1S/C19H29Cl2N3O2/c1-18(2,16-14(20)5-4-6-15(16)21)11-23-17(22-3)24-12-19(7-9-25)8-10-26-13-19/h4-6,25H,7-13H2,1-3H3,(H2,22,23,24). The Labute approximate surface area is 166 Å². The molecule has 0 aliphatic carbocycles. The zero-order valence-corrected chi connectivity index (χ0v) is 17.3. The molecular formula is C19H29Cl2N3O2. The van der Waals surface area contributed by atoms with Gasteiger partial charge in [0, 0.05) is 54.2 Å². The molecule has 5 nitrogen and oxygen atoms in total. The molecule has 1 unspecified atom stereocenters. The van der Waals surface area contributed by atoms with Gasteiger partial charge in [0.15, 0.2) is 5.96 Å². The highest BCUT2D eigenvalue weighted by Gasteiger charge is 2.34. The van der Waals surface area contributed by atoms with E-state index in [-0.39, 0.29) is 17.4 Å². The number of aliphatic hydroxyl groups is 1. The Morgan fingerprint density at radius 3 is 2.54 bits per heavy atom. The molecule has 26 heavy (non-hydrogen) atoms. The number of guanidine groups is 1. The molecule has 2 rings (SSSR count). The average Bonchev–Trinajstić information content (AvgIpc) is 3.04. The molecule has 0 radical (unpaired) electrons. The van der Waals surface area contributed by atoms with Crippen molar-refractivity contribution in [3.8, 4) is 0 Å². The summed E-state index contributed by atoms with van der Waals surface area (Å²) in [5, 5.41) is 17.4. The lowest BCUT2D eigenvalue weighted by Crippen LogP contribution is -2.47. The van der Waals surface area contributed by atoms with E-state index in [0.717, 1.165) is 25.0 Å². The molecule has 1 aromatic rings. The van der Waals surface area contributed by atoms with Gasteiger partial charge in [-0.15, -0.1) is 0 Å². The van der Waals surface area contributed by atoms with Crippen molar-refractivity contribution < 1.29 is 9.84 Å². The van der Waals surface area contributed by atoms with E-state index in [1.54, 1.807) is 7.05 Å². The van der Waals surface area contributed by atoms with Crippen LogP contribution in [0.1, 0.15) is 32.3 Å². The van der Waals surface area contributed by atoms with Gasteiger partial charge in [-0.1, -0.05) is 43.1 Å². The molecule has 1 aliphatic rings. The summed E-state index contributed by atoms with van der Waals surface area (Å²) >= 11 is 12.7. The molecule has 1 aliphatic heterocycles. The van der Waals surface area contributed by atoms with Crippen molar-refractivity contribution in [1.82, 2.24) is 10.6 Å². The lowest BCUT2D eigenvalue weighted by molar-refractivity contribution is 0.127. The van der Waals surface area contributed by atoms with E-state index in [1.165, 1.54) is 0 Å². The monoisotopic (exact) mass is 401 g/mol. The summed E-state index contributed by atoms with van der Waals surface area (Å²) < 4.78 is 5.54. The molecule has 1 saturated heterocycles. The molecule has 0 spiro atoms. The third kappa shape index (κ3) is 5.26. The van der Waals surface area contributed by atoms with Crippen LogP contribution in [0.25, 0.3) is 0 Å². The molecule has 1 fully saturated rings. The van der Waals surface area contributed by atoms with Gasteiger partial charge >= 0.3 is 0 Å². The highest BCUT2D eigenvalue weighted by molar-refractivity contribution is 6.36. The predicted octanol–water partition coefficient (Wildman–Crippen LogP) is 3.23. The first-order valence-electron chi connectivity index (χ1n) is 8.91. The smallest absolute Gasteiger partial charge is 0.191 e. The Bertz CT molecular complexity index is 609. The van der Waals surface area contributed by atoms with Crippen molar-refractivity contribution in [3.05, 3.63) is 33.8 Å². The molecular weight excluding hydrogens is 373 g/mol. The van der Waals surface area contributed by atoms with Gasteiger partial charge in [-0.2, -0.15) is 0 Å². The molecule has 7 heteroatoms. The van der Waals surface area contributed by atoms with E-state index >= 15 is 0 Å². The van der Waals surface area contributed by atoms with Crippen molar-refractivity contribution in [2.45, 2.75) is 32.1 Å². The molecule has 1 atom stereocenters. The lowest BCUT2D eigenvalue weighted by Gasteiger charge is -2.30. The van der Waals surface area contributed by atoms with E-state index in [4.69, 9.17) is 27.9 Å². The van der Waals surface area contributed by atoms with E-state index in [2.05, 4.69) is 29.5 Å². The van der Waals surface area contributed by atoms with Crippen LogP contribution in [0.2, 0.25) is 10.0 Å². The van der Waals surface area contributed by atoms with E-state index in [0.29, 0.717) is 35.7 Å². The average molecular weight is 402 g/mol. The van der Waals surface area contributed by atoms with Gasteiger partial charge in [0.2, 0.25) is 0 Å². The van der Waals surface area contributed by atoms with Gasteiger partial charge in [0.05, 0.1) is 6.61 Å². The Hall–Kier alpha value is -1.01. The highest BCUT2D eigenvalue weighted by Crippen LogP contribution is 2.35. The fourth-order valence-corrected chi connectivity index (χ4v) is 4.25. The zero-order valence-electron chi connectivity index (χ0n) is 15.7. The first-order chi connectivity index (χ1) is 12.3. The van der Waals surface area contributed by atoms with Gasteiger partial charge in [0.25, 0.3) is 0 Å². The summed E-state index contributed by atoms with van der Waals surface area (Å²) in [6.07, 6.45) is 1.66. The normalized spacial score (nSPS) is 21.1. The van der Waals surface area contributed by atoms with Crippen LogP contribution in [0.3, 0.4) is 0 Å². The van der Waals surface area contributed by atoms with Crippen LogP contribution in [0.15, 0.2) is 23.2 Å². The highest BCUT2D eigenvalue weighted by atomic mass is 35.5. The van der Waals surface area contributed by atoms with Crippen molar-refractivity contribution in [1.29, 1.82) is 0 Å². The summed E-state index contributed by atoms with van der Waals surface area (Å²) in [4.78, 5) is 4.31. The van der Waals surface area contributed by atoms with Crippen molar-refractivity contribution >= 4 is 29.2 Å². The number of aliphatic hydroxyl groups excluding tert-OH is 1.